The summed E-state index contributed by atoms with van der Waals surface area (Å²) in [4.78, 5) is 16.4. The number of rotatable bonds is 2. The van der Waals surface area contributed by atoms with Crippen LogP contribution in [-0.4, -0.2) is 16.0 Å². The second-order valence-corrected chi connectivity index (χ2v) is 5.67. The van der Waals surface area contributed by atoms with E-state index in [1.807, 2.05) is 31.2 Å². The van der Waals surface area contributed by atoms with Crippen LogP contribution in [0.25, 0.3) is 11.0 Å². The zero-order chi connectivity index (χ0) is 16.4. The van der Waals surface area contributed by atoms with E-state index in [4.69, 9.17) is 28.2 Å². The highest BCUT2D eigenvalue weighted by atomic mass is 35.5. The monoisotopic (exact) mass is 345 g/mol. The average Bonchev–Trinajstić information content (AvgIpc) is 2.87. The van der Waals surface area contributed by atoms with Gasteiger partial charge in [0.15, 0.2) is 10.9 Å². The van der Waals surface area contributed by atoms with Gasteiger partial charge in [0.25, 0.3) is 5.91 Å². The molecule has 3 rings (SSSR count). The predicted molar refractivity (Wildman–Crippen MR) is 93.9 cm³/mol. The third kappa shape index (κ3) is 3.33. The number of nitrogens with one attached hydrogen (secondary N) is 2. The minimum atomic E-state index is -0.412. The molecular weight excluding hydrogens is 334 g/mol. The van der Waals surface area contributed by atoms with Crippen LogP contribution in [0.1, 0.15) is 16.1 Å². The second-order valence-electron chi connectivity index (χ2n) is 4.82. The Balaban J connectivity index is 1.73. The highest BCUT2D eigenvalue weighted by molar-refractivity contribution is 7.80. The number of aromatic nitrogens is 1. The van der Waals surface area contributed by atoms with Crippen LogP contribution >= 0.6 is 23.8 Å². The summed E-state index contributed by atoms with van der Waals surface area (Å²) in [6, 6.07) is 10.8. The standard InChI is InChI=1S/C16H12ClN3O2S/c1-9-11-4-2-3-5-12(11)22-14(9)15(21)20-16(23)19-13-7-6-10(17)8-18-13/h2-8H,1H3,(H2,18,19,20,21,23). The summed E-state index contributed by atoms with van der Waals surface area (Å²) >= 11 is 10.9. The predicted octanol–water partition coefficient (Wildman–Crippen LogP) is 3.92. The molecule has 0 saturated carbocycles. The molecule has 0 aliphatic rings. The highest BCUT2D eigenvalue weighted by Gasteiger charge is 2.18. The third-order valence-electron chi connectivity index (χ3n) is 3.25. The number of para-hydroxylation sites is 1. The number of nitrogens with zero attached hydrogens (tertiary/aromatic N) is 1. The number of aryl methyl sites for hydroxylation is 1. The summed E-state index contributed by atoms with van der Waals surface area (Å²) in [5, 5.41) is 6.93. The number of carbonyl (C=O) groups excluding carboxylic acids is 1. The Morgan fingerprint density at radius 2 is 2.04 bits per heavy atom. The lowest BCUT2D eigenvalue weighted by Crippen LogP contribution is -2.34. The number of carbonyl (C=O) groups is 1. The van der Waals surface area contributed by atoms with Gasteiger partial charge in [-0.3, -0.25) is 10.1 Å². The van der Waals surface area contributed by atoms with Gasteiger partial charge in [0.2, 0.25) is 0 Å². The molecule has 0 fully saturated rings. The first-order valence-corrected chi connectivity index (χ1v) is 7.55. The summed E-state index contributed by atoms with van der Waals surface area (Å²) in [6.45, 7) is 1.83. The largest absolute Gasteiger partial charge is 0.451 e. The lowest BCUT2D eigenvalue weighted by atomic mass is 10.1. The van der Waals surface area contributed by atoms with Crippen LogP contribution in [0.3, 0.4) is 0 Å². The van der Waals surface area contributed by atoms with E-state index in [0.29, 0.717) is 16.4 Å². The molecular formula is C16H12ClN3O2S. The van der Waals surface area contributed by atoms with Crippen molar-refractivity contribution < 1.29 is 9.21 Å². The van der Waals surface area contributed by atoms with Crippen LogP contribution in [0.5, 0.6) is 0 Å². The Morgan fingerprint density at radius 1 is 1.26 bits per heavy atom. The maximum atomic E-state index is 12.3. The fourth-order valence-electron chi connectivity index (χ4n) is 2.15. The number of thiocarbonyl (C=S) groups is 1. The van der Waals surface area contributed by atoms with Crippen molar-refractivity contribution in [3.63, 3.8) is 0 Å². The Hall–Kier alpha value is -2.44. The van der Waals surface area contributed by atoms with Gasteiger partial charge >= 0.3 is 0 Å². The number of hydrogen-bond acceptors (Lipinski definition) is 4. The summed E-state index contributed by atoms with van der Waals surface area (Å²) in [5.41, 5.74) is 1.43. The van der Waals surface area contributed by atoms with Gasteiger partial charge in [-0.2, -0.15) is 0 Å². The maximum absolute atomic E-state index is 12.3. The fourth-order valence-corrected chi connectivity index (χ4v) is 2.46. The van der Waals surface area contributed by atoms with Crippen molar-refractivity contribution in [3.8, 4) is 0 Å². The molecule has 0 spiro atoms. The number of halogens is 1. The van der Waals surface area contributed by atoms with E-state index in [0.717, 1.165) is 10.9 Å². The molecule has 3 aromatic rings. The van der Waals surface area contributed by atoms with Crippen LogP contribution in [0, 0.1) is 6.92 Å². The molecule has 1 amide bonds. The van der Waals surface area contributed by atoms with Crippen molar-refractivity contribution in [2.75, 3.05) is 5.32 Å². The topological polar surface area (TPSA) is 67.2 Å². The summed E-state index contributed by atoms with van der Waals surface area (Å²) in [5.74, 6) is 0.311. The van der Waals surface area contributed by atoms with Crippen molar-refractivity contribution in [1.29, 1.82) is 0 Å². The van der Waals surface area contributed by atoms with Crippen LogP contribution in [0.15, 0.2) is 47.0 Å². The molecule has 0 radical (unpaired) electrons. The average molecular weight is 346 g/mol. The lowest BCUT2D eigenvalue weighted by molar-refractivity contribution is 0.0952. The molecule has 2 N–H and O–H groups in total. The van der Waals surface area contributed by atoms with Crippen LogP contribution in [0.2, 0.25) is 5.02 Å². The normalized spacial score (nSPS) is 10.5. The Kier molecular flexibility index (Phi) is 4.27. The zero-order valence-corrected chi connectivity index (χ0v) is 13.7. The molecule has 0 aliphatic heterocycles. The molecule has 1 aromatic carbocycles. The quantitative estimate of drug-likeness (QED) is 0.689. The molecule has 0 aliphatic carbocycles. The van der Waals surface area contributed by atoms with Gasteiger partial charge in [0, 0.05) is 17.1 Å². The van der Waals surface area contributed by atoms with Crippen LogP contribution < -0.4 is 10.6 Å². The maximum Gasteiger partial charge on any atom is 0.293 e. The number of benzene rings is 1. The van der Waals surface area contributed by atoms with Gasteiger partial charge in [-0.15, -0.1) is 0 Å². The molecule has 7 heteroatoms. The van der Waals surface area contributed by atoms with E-state index >= 15 is 0 Å². The lowest BCUT2D eigenvalue weighted by Gasteiger charge is -2.08. The van der Waals surface area contributed by atoms with Crippen molar-refractivity contribution in [2.45, 2.75) is 6.92 Å². The van der Waals surface area contributed by atoms with Crippen molar-refractivity contribution >= 4 is 51.6 Å². The molecule has 0 saturated heterocycles. The van der Waals surface area contributed by atoms with Crippen LogP contribution in [-0.2, 0) is 0 Å². The van der Waals surface area contributed by atoms with Gasteiger partial charge in [-0.25, -0.2) is 4.98 Å². The summed E-state index contributed by atoms with van der Waals surface area (Å²) in [7, 11) is 0. The van der Waals surface area contributed by atoms with E-state index < -0.39 is 5.91 Å². The van der Waals surface area contributed by atoms with Crippen molar-refractivity contribution in [2.24, 2.45) is 0 Å². The van der Waals surface area contributed by atoms with Crippen molar-refractivity contribution in [1.82, 2.24) is 10.3 Å². The molecule has 5 nitrogen and oxygen atoms in total. The second kappa shape index (κ2) is 6.36. The van der Waals surface area contributed by atoms with Crippen molar-refractivity contribution in [3.05, 3.63) is 58.9 Å². The molecule has 0 unspecified atom stereocenters. The summed E-state index contributed by atoms with van der Waals surface area (Å²) < 4.78 is 5.59. The van der Waals surface area contributed by atoms with Gasteiger partial charge in [-0.05, 0) is 37.3 Å². The van der Waals surface area contributed by atoms with E-state index in [9.17, 15) is 4.79 Å². The summed E-state index contributed by atoms with van der Waals surface area (Å²) in [6.07, 6.45) is 1.48. The number of amides is 1. The first-order chi connectivity index (χ1) is 11.0. The number of hydrogen-bond donors (Lipinski definition) is 2. The van der Waals surface area contributed by atoms with Crippen LogP contribution in [0.4, 0.5) is 5.82 Å². The van der Waals surface area contributed by atoms with Gasteiger partial charge in [-0.1, -0.05) is 29.8 Å². The van der Waals surface area contributed by atoms with E-state index in [1.165, 1.54) is 6.20 Å². The molecule has 116 valence electrons. The van der Waals surface area contributed by atoms with Gasteiger partial charge in [0.05, 0.1) is 5.02 Å². The number of pyridine rings is 1. The van der Waals surface area contributed by atoms with E-state index in [-0.39, 0.29) is 10.9 Å². The van der Waals surface area contributed by atoms with E-state index in [1.54, 1.807) is 12.1 Å². The fraction of sp³-hybridized carbons (Fsp3) is 0.0625. The highest BCUT2D eigenvalue weighted by Crippen LogP contribution is 2.24. The Labute approximate surface area is 142 Å². The SMILES string of the molecule is Cc1c(C(=O)NC(=S)Nc2ccc(Cl)cn2)oc2ccccc12. The van der Waals surface area contributed by atoms with Gasteiger partial charge in [0.1, 0.15) is 11.4 Å². The first-order valence-electron chi connectivity index (χ1n) is 6.76. The third-order valence-corrected chi connectivity index (χ3v) is 3.67. The number of anilines is 1. The Bertz CT molecular complexity index is 890. The first kappa shape index (κ1) is 15.5. The molecule has 2 aromatic heterocycles. The minimum Gasteiger partial charge on any atom is -0.451 e. The smallest absolute Gasteiger partial charge is 0.293 e. The zero-order valence-electron chi connectivity index (χ0n) is 12.1. The molecule has 0 bridgehead atoms. The number of furan rings is 1. The minimum absolute atomic E-state index is 0.129. The van der Waals surface area contributed by atoms with Gasteiger partial charge < -0.3 is 9.73 Å². The molecule has 0 atom stereocenters. The van der Waals surface area contributed by atoms with E-state index in [2.05, 4.69) is 15.6 Å². The molecule has 2 heterocycles. The molecule has 23 heavy (non-hydrogen) atoms. The Morgan fingerprint density at radius 3 is 2.74 bits per heavy atom. The number of fused-ring (bicyclic) bond motifs is 1.